The van der Waals surface area contributed by atoms with Gasteiger partial charge >= 0.3 is 0 Å². The molecule has 2 atom stereocenters. The van der Waals surface area contributed by atoms with Crippen molar-refractivity contribution >= 4 is 58.4 Å². The lowest BCUT2D eigenvalue weighted by Gasteiger charge is -2.32. The Kier molecular flexibility index (Phi) is 11.0. The second-order valence-electron chi connectivity index (χ2n) is 8.49. The first kappa shape index (κ1) is 28.4. The third kappa shape index (κ3) is 8.17. The van der Waals surface area contributed by atoms with Gasteiger partial charge in [0.2, 0.25) is 11.8 Å². The lowest BCUT2D eigenvalue weighted by molar-refractivity contribution is -0.139. The zero-order valence-electron chi connectivity index (χ0n) is 20.2. The van der Waals surface area contributed by atoms with Crippen molar-refractivity contribution in [3.63, 3.8) is 0 Å². The zero-order valence-corrected chi connectivity index (χ0v) is 23.3. The fourth-order valence-electron chi connectivity index (χ4n) is 3.61. The fourth-order valence-corrected chi connectivity index (χ4v) is 5.04. The summed E-state index contributed by atoms with van der Waals surface area (Å²) < 4.78 is 0. The normalized spacial score (nSPS) is 12.6. The van der Waals surface area contributed by atoms with Crippen molar-refractivity contribution in [3.8, 4) is 0 Å². The Morgan fingerprint density at radius 3 is 2.17 bits per heavy atom. The minimum Gasteiger partial charge on any atom is -0.352 e. The summed E-state index contributed by atoms with van der Waals surface area (Å²) in [6.45, 7) is 4.07. The Labute approximate surface area is 232 Å². The molecule has 0 radical (unpaired) electrons. The van der Waals surface area contributed by atoms with Crippen LogP contribution in [-0.4, -0.2) is 34.6 Å². The first-order valence-electron chi connectivity index (χ1n) is 11.7. The molecule has 8 heteroatoms. The summed E-state index contributed by atoms with van der Waals surface area (Å²) in [6, 6.07) is 21.4. The highest BCUT2D eigenvalue weighted by molar-refractivity contribution is 8.00. The van der Waals surface area contributed by atoms with Crippen molar-refractivity contribution in [2.75, 3.05) is 5.75 Å². The Morgan fingerprint density at radius 2 is 1.56 bits per heavy atom. The second-order valence-corrected chi connectivity index (χ2v) is 10.8. The largest absolute Gasteiger partial charge is 0.352 e. The third-order valence-electron chi connectivity index (χ3n) is 5.84. The molecular weight excluding hydrogens is 535 g/mol. The van der Waals surface area contributed by atoms with Crippen molar-refractivity contribution in [2.24, 2.45) is 0 Å². The molecule has 190 valence electrons. The van der Waals surface area contributed by atoms with Gasteiger partial charge in [0.05, 0.1) is 5.75 Å². The van der Waals surface area contributed by atoms with E-state index in [1.54, 1.807) is 35.2 Å². The number of amides is 2. The predicted molar refractivity (Wildman–Crippen MR) is 151 cm³/mol. The van der Waals surface area contributed by atoms with E-state index in [-0.39, 0.29) is 30.2 Å². The van der Waals surface area contributed by atoms with Crippen molar-refractivity contribution in [1.29, 1.82) is 0 Å². The Bertz CT molecular complexity index is 1140. The second kappa shape index (κ2) is 13.9. The number of nitrogens with zero attached hydrogens (tertiary/aromatic N) is 1. The third-order valence-corrected chi connectivity index (χ3v) is 7.80. The SMILES string of the molecule is CCC(C)NC(=O)C(Cc1ccccc1)N(Cc1c(Cl)cccc1Cl)C(=O)CSc1ccc(Cl)cc1. The number of nitrogens with one attached hydrogen (secondary N) is 1. The number of carbonyl (C=O) groups is 2. The zero-order chi connectivity index (χ0) is 26.1. The van der Waals surface area contributed by atoms with Gasteiger partial charge < -0.3 is 10.2 Å². The van der Waals surface area contributed by atoms with E-state index >= 15 is 0 Å². The lowest BCUT2D eigenvalue weighted by Crippen LogP contribution is -2.52. The molecule has 36 heavy (non-hydrogen) atoms. The van der Waals surface area contributed by atoms with E-state index in [9.17, 15) is 9.59 Å². The summed E-state index contributed by atoms with van der Waals surface area (Å²) in [4.78, 5) is 29.8. The summed E-state index contributed by atoms with van der Waals surface area (Å²) in [5.74, 6) is -0.251. The van der Waals surface area contributed by atoms with E-state index in [4.69, 9.17) is 34.8 Å². The van der Waals surface area contributed by atoms with E-state index < -0.39 is 6.04 Å². The van der Waals surface area contributed by atoms with E-state index in [0.29, 0.717) is 27.1 Å². The van der Waals surface area contributed by atoms with Crippen LogP contribution in [0.2, 0.25) is 15.1 Å². The van der Waals surface area contributed by atoms with Crippen LogP contribution in [-0.2, 0) is 22.6 Å². The van der Waals surface area contributed by atoms with Crippen LogP contribution < -0.4 is 5.32 Å². The van der Waals surface area contributed by atoms with Gasteiger partial charge in [-0.15, -0.1) is 11.8 Å². The molecule has 4 nitrogen and oxygen atoms in total. The smallest absolute Gasteiger partial charge is 0.243 e. The van der Waals surface area contributed by atoms with Crippen molar-refractivity contribution in [2.45, 2.75) is 50.2 Å². The van der Waals surface area contributed by atoms with Gasteiger partial charge in [-0.05, 0) is 55.3 Å². The maximum absolute atomic E-state index is 13.7. The number of thioether (sulfide) groups is 1. The lowest BCUT2D eigenvalue weighted by atomic mass is 10.0. The molecule has 3 aromatic rings. The van der Waals surface area contributed by atoms with Crippen molar-refractivity contribution < 1.29 is 9.59 Å². The highest BCUT2D eigenvalue weighted by Crippen LogP contribution is 2.28. The van der Waals surface area contributed by atoms with Gasteiger partial charge in [-0.1, -0.05) is 78.1 Å². The maximum Gasteiger partial charge on any atom is 0.243 e. The molecule has 1 N–H and O–H groups in total. The summed E-state index contributed by atoms with van der Waals surface area (Å²) in [5.41, 5.74) is 1.57. The molecule has 0 spiro atoms. The van der Waals surface area contributed by atoms with Crippen LogP contribution >= 0.6 is 46.6 Å². The van der Waals surface area contributed by atoms with Gasteiger partial charge in [0.1, 0.15) is 6.04 Å². The fraction of sp³-hybridized carbons (Fsp3) is 0.286. The summed E-state index contributed by atoms with van der Waals surface area (Å²) in [7, 11) is 0. The molecule has 0 fully saturated rings. The van der Waals surface area contributed by atoms with Crippen LogP contribution in [0.15, 0.2) is 77.7 Å². The van der Waals surface area contributed by atoms with Gasteiger partial charge in [-0.2, -0.15) is 0 Å². The molecule has 0 aromatic heterocycles. The molecule has 3 rings (SSSR count). The van der Waals surface area contributed by atoms with Gasteiger partial charge in [-0.25, -0.2) is 0 Å². The molecule has 0 aliphatic carbocycles. The number of hydrogen-bond acceptors (Lipinski definition) is 3. The predicted octanol–water partition coefficient (Wildman–Crippen LogP) is 7.29. The van der Waals surface area contributed by atoms with Gasteiger partial charge in [-0.3, -0.25) is 9.59 Å². The molecule has 0 saturated carbocycles. The molecule has 3 aromatic carbocycles. The molecular formula is C28H29Cl3N2O2S. The van der Waals surface area contributed by atoms with Gasteiger partial charge in [0.25, 0.3) is 0 Å². The van der Waals surface area contributed by atoms with Gasteiger partial charge in [0.15, 0.2) is 0 Å². The van der Waals surface area contributed by atoms with Crippen LogP contribution in [0, 0.1) is 0 Å². The average molecular weight is 564 g/mol. The molecule has 0 aliphatic rings. The number of halogens is 3. The first-order valence-corrected chi connectivity index (χ1v) is 13.9. The number of benzene rings is 3. The Hall–Kier alpha value is -2.18. The Morgan fingerprint density at radius 1 is 0.917 bits per heavy atom. The monoisotopic (exact) mass is 562 g/mol. The number of carbonyl (C=O) groups excluding carboxylic acids is 2. The summed E-state index contributed by atoms with van der Waals surface area (Å²) in [6.07, 6.45) is 1.14. The van der Waals surface area contributed by atoms with E-state index in [2.05, 4.69) is 5.32 Å². The van der Waals surface area contributed by atoms with E-state index in [1.165, 1.54) is 11.8 Å². The van der Waals surface area contributed by atoms with Crippen LogP contribution in [0.5, 0.6) is 0 Å². The molecule has 0 saturated heterocycles. The Balaban J connectivity index is 1.95. The molecule has 2 unspecified atom stereocenters. The highest BCUT2D eigenvalue weighted by atomic mass is 35.5. The minimum atomic E-state index is -0.743. The number of hydrogen-bond donors (Lipinski definition) is 1. The van der Waals surface area contributed by atoms with Crippen LogP contribution in [0.1, 0.15) is 31.4 Å². The van der Waals surface area contributed by atoms with Crippen LogP contribution in [0.25, 0.3) is 0 Å². The topological polar surface area (TPSA) is 49.4 Å². The highest BCUT2D eigenvalue weighted by Gasteiger charge is 2.31. The molecule has 0 heterocycles. The molecule has 0 bridgehead atoms. The van der Waals surface area contributed by atoms with Crippen LogP contribution in [0.4, 0.5) is 0 Å². The van der Waals surface area contributed by atoms with E-state index in [1.807, 2.05) is 56.3 Å². The quantitative estimate of drug-likeness (QED) is 0.249. The van der Waals surface area contributed by atoms with Gasteiger partial charge in [0, 0.05) is 44.5 Å². The maximum atomic E-state index is 13.7. The number of rotatable bonds is 11. The van der Waals surface area contributed by atoms with Crippen molar-refractivity contribution in [1.82, 2.24) is 10.2 Å². The summed E-state index contributed by atoms with van der Waals surface area (Å²) >= 11 is 20.3. The average Bonchev–Trinajstić information content (AvgIpc) is 2.87. The first-order chi connectivity index (χ1) is 17.3. The standard InChI is InChI=1S/C28H29Cl3N2O2S/c1-3-19(2)32-28(35)26(16-20-8-5-4-6-9-20)33(17-23-24(30)10-7-11-25(23)31)27(34)18-36-22-14-12-21(29)13-15-22/h4-15,19,26H,3,16-18H2,1-2H3,(H,32,35). The minimum absolute atomic E-state index is 0.0277. The van der Waals surface area contributed by atoms with Crippen molar-refractivity contribution in [3.05, 3.63) is 99.0 Å². The van der Waals surface area contributed by atoms with Crippen LogP contribution in [0.3, 0.4) is 0 Å². The van der Waals surface area contributed by atoms with E-state index in [0.717, 1.165) is 16.9 Å². The molecule has 2 amide bonds. The molecule has 0 aliphatic heterocycles. The summed E-state index contributed by atoms with van der Waals surface area (Å²) in [5, 5.41) is 4.59.